The van der Waals surface area contributed by atoms with Gasteiger partial charge < -0.3 is 9.13 Å². The number of alkyl halides is 2. The zero-order chi connectivity index (χ0) is 25.1. The Hall–Kier alpha value is -0.820. The Morgan fingerprint density at radius 3 is 1.25 bits per heavy atom. The number of rotatable bonds is 12. The van der Waals surface area contributed by atoms with Crippen molar-refractivity contribution < 1.29 is 0 Å². The number of hydrogen-bond donors (Lipinski definition) is 0. The van der Waals surface area contributed by atoms with E-state index < -0.39 is 0 Å². The van der Waals surface area contributed by atoms with E-state index in [1.165, 1.54) is 95.0 Å². The van der Waals surface area contributed by atoms with Gasteiger partial charge in [0.1, 0.15) is 0 Å². The number of aromatic nitrogens is 2. The lowest BCUT2D eigenvalue weighted by molar-refractivity contribution is 0.604. The molecule has 0 bridgehead atoms. The Bertz CT molecular complexity index is 1380. The van der Waals surface area contributed by atoms with Crippen LogP contribution in [-0.4, -0.2) is 19.8 Å². The predicted octanol–water partition coefficient (Wildman–Crippen LogP) is 11.3. The molecule has 0 radical (unpaired) electrons. The molecule has 0 unspecified atom stereocenters. The standard InChI is InChI=1S/C30H32Br4N2/c31-13-5-1-3-7-15-35-27-17-21(33)9-11-23(27)25-20-30-26(19-29(25)35)24-12-10-22(34)18-28(24)36(30)16-8-4-2-6-14-32/h9-12,17-20H,1-8,13-16H2. The molecular formula is C30H32Br4N2. The van der Waals surface area contributed by atoms with Gasteiger partial charge in [-0.1, -0.05) is 102 Å². The van der Waals surface area contributed by atoms with E-state index in [0.717, 1.165) is 32.7 Å². The first-order chi connectivity index (χ1) is 17.6. The molecule has 0 amide bonds. The van der Waals surface area contributed by atoms with Gasteiger partial charge in [-0.05, 0) is 62.1 Å². The van der Waals surface area contributed by atoms with Crippen LogP contribution in [0.15, 0.2) is 57.5 Å². The molecule has 0 N–H and O–H groups in total. The highest BCUT2D eigenvalue weighted by atomic mass is 79.9. The topological polar surface area (TPSA) is 9.86 Å². The highest BCUT2D eigenvalue weighted by Crippen LogP contribution is 2.38. The Morgan fingerprint density at radius 2 is 0.833 bits per heavy atom. The summed E-state index contributed by atoms with van der Waals surface area (Å²) in [6.45, 7) is 2.12. The molecule has 36 heavy (non-hydrogen) atoms. The Kier molecular flexibility index (Phi) is 9.19. The van der Waals surface area contributed by atoms with E-state index in [-0.39, 0.29) is 0 Å². The minimum Gasteiger partial charge on any atom is -0.340 e. The van der Waals surface area contributed by atoms with Crippen molar-refractivity contribution in [2.45, 2.75) is 64.5 Å². The molecule has 0 atom stereocenters. The summed E-state index contributed by atoms with van der Waals surface area (Å²) in [5.41, 5.74) is 5.38. The summed E-state index contributed by atoms with van der Waals surface area (Å²) in [6.07, 6.45) is 10.0. The Morgan fingerprint density at radius 1 is 0.444 bits per heavy atom. The zero-order valence-corrected chi connectivity index (χ0v) is 26.9. The van der Waals surface area contributed by atoms with Crippen LogP contribution in [-0.2, 0) is 13.1 Å². The molecule has 190 valence electrons. The van der Waals surface area contributed by atoms with Gasteiger partial charge in [-0.2, -0.15) is 0 Å². The van der Waals surface area contributed by atoms with E-state index in [9.17, 15) is 0 Å². The van der Waals surface area contributed by atoms with Gasteiger partial charge in [-0.25, -0.2) is 0 Å². The van der Waals surface area contributed by atoms with Crippen LogP contribution in [0, 0.1) is 0 Å². The van der Waals surface area contributed by atoms with Crippen molar-refractivity contribution in [1.29, 1.82) is 0 Å². The molecule has 0 fully saturated rings. The van der Waals surface area contributed by atoms with E-state index in [4.69, 9.17) is 0 Å². The van der Waals surface area contributed by atoms with Gasteiger partial charge in [-0.15, -0.1) is 0 Å². The molecule has 0 aliphatic heterocycles. The molecule has 0 spiro atoms. The van der Waals surface area contributed by atoms with E-state index in [0.29, 0.717) is 0 Å². The number of halogens is 4. The summed E-state index contributed by atoms with van der Waals surface area (Å²) in [6, 6.07) is 18.5. The summed E-state index contributed by atoms with van der Waals surface area (Å²) >= 11 is 14.6. The van der Waals surface area contributed by atoms with Crippen molar-refractivity contribution in [3.63, 3.8) is 0 Å². The van der Waals surface area contributed by atoms with Crippen LogP contribution < -0.4 is 0 Å². The van der Waals surface area contributed by atoms with Crippen molar-refractivity contribution in [1.82, 2.24) is 9.13 Å². The lowest BCUT2D eigenvalue weighted by Crippen LogP contribution is -1.99. The van der Waals surface area contributed by atoms with Gasteiger partial charge in [0, 0.05) is 65.3 Å². The van der Waals surface area contributed by atoms with Crippen LogP contribution in [0.25, 0.3) is 43.6 Å². The first-order valence-corrected chi connectivity index (χ1v) is 16.9. The number of benzene rings is 3. The minimum atomic E-state index is 1.06. The normalized spacial score (nSPS) is 12.1. The fourth-order valence-corrected chi connectivity index (χ4v) is 7.03. The van der Waals surface area contributed by atoms with Crippen LogP contribution in [0.5, 0.6) is 0 Å². The summed E-state index contributed by atoms with van der Waals surface area (Å²) in [5, 5.41) is 7.64. The molecule has 6 heteroatoms. The third-order valence-corrected chi connectivity index (χ3v) is 9.42. The molecule has 2 nitrogen and oxygen atoms in total. The first-order valence-electron chi connectivity index (χ1n) is 13.1. The van der Waals surface area contributed by atoms with Gasteiger partial charge in [0.2, 0.25) is 0 Å². The van der Waals surface area contributed by atoms with Crippen molar-refractivity contribution in [2.75, 3.05) is 10.7 Å². The second-order valence-electron chi connectivity index (χ2n) is 9.72. The molecule has 2 heterocycles. The second kappa shape index (κ2) is 12.4. The number of hydrogen-bond acceptors (Lipinski definition) is 0. The molecule has 2 aromatic heterocycles. The van der Waals surface area contributed by atoms with E-state index in [1.54, 1.807) is 0 Å². The van der Waals surface area contributed by atoms with Crippen LogP contribution >= 0.6 is 63.7 Å². The average molecular weight is 740 g/mol. The van der Waals surface area contributed by atoms with E-state index >= 15 is 0 Å². The summed E-state index contributed by atoms with van der Waals surface area (Å²) in [4.78, 5) is 0. The van der Waals surface area contributed by atoms with Gasteiger partial charge in [0.25, 0.3) is 0 Å². The molecule has 5 rings (SSSR count). The molecule has 0 saturated carbocycles. The van der Waals surface area contributed by atoms with Crippen molar-refractivity contribution in [2.24, 2.45) is 0 Å². The Labute approximate surface area is 247 Å². The summed E-state index contributed by atoms with van der Waals surface area (Å²) in [5.74, 6) is 0. The predicted molar refractivity (Wildman–Crippen MR) is 172 cm³/mol. The minimum absolute atomic E-state index is 1.06. The molecule has 3 aromatic carbocycles. The van der Waals surface area contributed by atoms with Crippen LogP contribution in [0.3, 0.4) is 0 Å². The quantitative estimate of drug-likeness (QED) is 0.0891. The second-order valence-corrected chi connectivity index (χ2v) is 13.1. The van der Waals surface area contributed by atoms with E-state index in [1.807, 2.05) is 0 Å². The fraction of sp³-hybridized carbons (Fsp3) is 0.400. The lowest BCUT2D eigenvalue weighted by Gasteiger charge is -2.09. The highest BCUT2D eigenvalue weighted by Gasteiger charge is 2.17. The van der Waals surface area contributed by atoms with Gasteiger partial charge >= 0.3 is 0 Å². The van der Waals surface area contributed by atoms with Crippen LogP contribution in [0.2, 0.25) is 0 Å². The van der Waals surface area contributed by atoms with Gasteiger partial charge in [0.05, 0.1) is 11.0 Å². The molecule has 0 saturated heterocycles. The molecule has 0 aliphatic rings. The van der Waals surface area contributed by atoms with Gasteiger partial charge in [-0.3, -0.25) is 0 Å². The van der Waals surface area contributed by atoms with Gasteiger partial charge in [0.15, 0.2) is 0 Å². The summed E-state index contributed by atoms with van der Waals surface area (Å²) in [7, 11) is 0. The SMILES string of the molecule is BrCCCCCCn1c2cc(Br)ccc2c2cc3c(cc21)c1ccc(Br)cc1n3CCCCCCBr. The maximum Gasteiger partial charge on any atom is 0.0502 e. The van der Waals surface area contributed by atoms with Crippen molar-refractivity contribution in [3.05, 3.63) is 57.5 Å². The van der Waals surface area contributed by atoms with Crippen LogP contribution in [0.4, 0.5) is 0 Å². The lowest BCUT2D eigenvalue weighted by atomic mass is 10.1. The largest absolute Gasteiger partial charge is 0.340 e. The monoisotopic (exact) mass is 736 g/mol. The highest BCUT2D eigenvalue weighted by molar-refractivity contribution is 9.11. The van der Waals surface area contributed by atoms with Crippen LogP contribution in [0.1, 0.15) is 51.4 Å². The maximum absolute atomic E-state index is 3.73. The molecular weight excluding hydrogens is 708 g/mol. The van der Waals surface area contributed by atoms with Crippen molar-refractivity contribution in [3.8, 4) is 0 Å². The number of fused-ring (bicyclic) bond motifs is 6. The molecule has 5 aromatic rings. The first kappa shape index (κ1) is 26.8. The molecule has 0 aliphatic carbocycles. The third-order valence-electron chi connectivity index (χ3n) is 7.31. The number of unbranched alkanes of at least 4 members (excludes halogenated alkanes) is 6. The zero-order valence-electron chi connectivity index (χ0n) is 20.5. The average Bonchev–Trinajstić information content (AvgIpc) is 3.33. The maximum atomic E-state index is 3.73. The summed E-state index contributed by atoms with van der Waals surface area (Å²) < 4.78 is 7.41. The smallest absolute Gasteiger partial charge is 0.0502 e. The Balaban J connectivity index is 1.64. The number of nitrogens with zero attached hydrogens (tertiary/aromatic N) is 2. The fourth-order valence-electron chi connectivity index (χ4n) is 5.54. The number of aryl methyl sites for hydroxylation is 2. The third kappa shape index (κ3) is 5.48. The van der Waals surface area contributed by atoms with Crippen molar-refractivity contribution >= 4 is 107 Å². The van der Waals surface area contributed by atoms with E-state index in [2.05, 4.69) is 121 Å².